The van der Waals surface area contributed by atoms with Crippen molar-refractivity contribution < 1.29 is 15.0 Å². The summed E-state index contributed by atoms with van der Waals surface area (Å²) in [6, 6.07) is 0. The summed E-state index contributed by atoms with van der Waals surface area (Å²) in [6.07, 6.45) is 5.31. The second-order valence-electron chi connectivity index (χ2n) is 11.2. The zero-order chi connectivity index (χ0) is 17.5. The van der Waals surface area contributed by atoms with Crippen LogP contribution in [0.1, 0.15) is 59.3 Å². The zero-order valence-corrected chi connectivity index (χ0v) is 15.7. The van der Waals surface area contributed by atoms with E-state index in [2.05, 4.69) is 20.8 Å². The summed E-state index contributed by atoms with van der Waals surface area (Å²) in [5.41, 5.74) is -0.822. The van der Waals surface area contributed by atoms with Gasteiger partial charge in [-0.25, -0.2) is 0 Å². The molecule has 6 fully saturated rings. The van der Waals surface area contributed by atoms with Crippen molar-refractivity contribution in [3.05, 3.63) is 0 Å². The number of Topliss-reactive ketones (excluding diaryl/α,β-unsaturated/α-hetero) is 1. The predicted octanol–water partition coefficient (Wildman–Crippen LogP) is 3.03. The van der Waals surface area contributed by atoms with Crippen molar-refractivity contribution in [2.45, 2.75) is 71.0 Å². The first-order chi connectivity index (χ1) is 11.7. The van der Waals surface area contributed by atoms with Crippen LogP contribution in [0.3, 0.4) is 0 Å². The first-order valence-electron chi connectivity index (χ1n) is 10.7. The minimum Gasteiger partial charge on any atom is -0.393 e. The van der Waals surface area contributed by atoms with Gasteiger partial charge < -0.3 is 10.2 Å². The smallest absolute Gasteiger partial charge is 0.142 e. The Morgan fingerprint density at radius 1 is 1.08 bits per heavy atom. The molecule has 0 aromatic rings. The van der Waals surface area contributed by atoms with E-state index in [4.69, 9.17) is 0 Å². The van der Waals surface area contributed by atoms with Crippen molar-refractivity contribution >= 4 is 5.78 Å². The number of aliphatic hydroxyl groups excluding tert-OH is 1. The molecule has 0 heterocycles. The molecule has 6 saturated carbocycles. The molecular weight excluding hydrogens is 312 g/mol. The number of rotatable bonds is 0. The number of ketones is 1. The number of fused-ring (bicyclic) bond motifs is 10. The Bertz CT molecular complexity index is 674. The highest BCUT2D eigenvalue weighted by molar-refractivity contribution is 5.92. The molecular formula is C22H32O3. The number of aliphatic hydroxyl groups is 2. The van der Waals surface area contributed by atoms with Crippen LogP contribution in [0.15, 0.2) is 0 Å². The van der Waals surface area contributed by atoms with E-state index in [9.17, 15) is 15.0 Å². The molecule has 2 N–H and O–H groups in total. The van der Waals surface area contributed by atoms with Gasteiger partial charge in [-0.1, -0.05) is 20.8 Å². The lowest BCUT2D eigenvalue weighted by molar-refractivity contribution is -0.225. The van der Waals surface area contributed by atoms with E-state index in [-0.39, 0.29) is 16.9 Å². The second-order valence-corrected chi connectivity index (χ2v) is 11.2. The van der Waals surface area contributed by atoms with E-state index in [0.29, 0.717) is 59.5 Å². The molecule has 12 atom stereocenters. The van der Waals surface area contributed by atoms with Crippen LogP contribution >= 0.6 is 0 Å². The molecule has 0 radical (unpaired) electrons. The summed E-state index contributed by atoms with van der Waals surface area (Å²) in [5.74, 6) is 4.87. The fraction of sp³-hybridized carbons (Fsp3) is 0.955. The number of hydrogen-bond donors (Lipinski definition) is 2. The minimum absolute atomic E-state index is 0.0679. The molecule has 0 aliphatic heterocycles. The Balaban J connectivity index is 1.47. The topological polar surface area (TPSA) is 57.5 Å². The summed E-state index contributed by atoms with van der Waals surface area (Å²) in [5, 5.41) is 22.2. The maximum atomic E-state index is 13.0. The Kier molecular flexibility index (Phi) is 2.62. The van der Waals surface area contributed by atoms with Crippen LogP contribution < -0.4 is 0 Å². The van der Waals surface area contributed by atoms with Gasteiger partial charge in [0.15, 0.2) is 0 Å². The highest BCUT2D eigenvalue weighted by Gasteiger charge is 2.80. The molecule has 0 aromatic carbocycles. The third-order valence-corrected chi connectivity index (χ3v) is 10.6. The van der Waals surface area contributed by atoms with Gasteiger partial charge in [-0.15, -0.1) is 0 Å². The zero-order valence-electron chi connectivity index (χ0n) is 15.7. The summed E-state index contributed by atoms with van der Waals surface area (Å²) in [4.78, 5) is 13.0. The lowest BCUT2D eigenvalue weighted by atomic mass is 9.43. The van der Waals surface area contributed by atoms with Crippen LogP contribution in [0.2, 0.25) is 0 Å². The largest absolute Gasteiger partial charge is 0.393 e. The van der Waals surface area contributed by atoms with Crippen molar-refractivity contribution in [3.63, 3.8) is 0 Å². The number of carbonyl (C=O) groups excluding carboxylic acids is 1. The van der Waals surface area contributed by atoms with Crippen molar-refractivity contribution in [2.24, 2.45) is 58.2 Å². The Morgan fingerprint density at radius 2 is 1.84 bits per heavy atom. The monoisotopic (exact) mass is 344 g/mol. The van der Waals surface area contributed by atoms with Crippen LogP contribution in [0.5, 0.6) is 0 Å². The quantitative estimate of drug-likeness (QED) is 0.710. The number of carbonyl (C=O) groups is 1. The average Bonchev–Trinajstić information content (AvgIpc) is 3.43. The van der Waals surface area contributed by atoms with Crippen LogP contribution in [-0.4, -0.2) is 27.7 Å². The van der Waals surface area contributed by atoms with Gasteiger partial charge in [-0.05, 0) is 78.9 Å². The second kappa shape index (κ2) is 4.19. The first-order valence-corrected chi connectivity index (χ1v) is 10.7. The van der Waals surface area contributed by atoms with Gasteiger partial charge in [0.25, 0.3) is 0 Å². The standard InChI is InChI=1S/C22H32O3/c1-10-15-16-14(5-6-20(2)18(16)12-8-13(12)19(20)24)21(3)7-4-11(23)9-22(21,25)17(10)15/h10-18,23,25H,4-9H2,1-3H3. The molecule has 12 unspecified atom stereocenters. The fourth-order valence-corrected chi connectivity index (χ4v) is 9.36. The third kappa shape index (κ3) is 1.50. The first kappa shape index (κ1) is 15.6. The molecule has 0 amide bonds. The molecule has 0 spiro atoms. The molecule has 0 saturated heterocycles. The SMILES string of the molecule is CC1C2C3C4C5CC5C(=O)C4(C)CCC3C3(C)CCC(O)CC3(O)C12. The Labute approximate surface area is 150 Å². The summed E-state index contributed by atoms with van der Waals surface area (Å²) in [7, 11) is 0. The van der Waals surface area contributed by atoms with E-state index >= 15 is 0 Å². The highest BCUT2D eigenvalue weighted by atomic mass is 16.3. The molecule has 6 rings (SSSR count). The predicted molar refractivity (Wildman–Crippen MR) is 93.5 cm³/mol. The van der Waals surface area contributed by atoms with Gasteiger partial charge in [0, 0.05) is 17.8 Å². The average molecular weight is 344 g/mol. The van der Waals surface area contributed by atoms with Crippen LogP contribution in [0.4, 0.5) is 0 Å². The molecule has 25 heavy (non-hydrogen) atoms. The van der Waals surface area contributed by atoms with Gasteiger partial charge in [-0.3, -0.25) is 4.79 Å². The lowest BCUT2D eigenvalue weighted by Crippen LogP contribution is -2.64. The van der Waals surface area contributed by atoms with E-state index in [1.54, 1.807) is 0 Å². The van der Waals surface area contributed by atoms with Crippen molar-refractivity contribution in [2.75, 3.05) is 0 Å². The van der Waals surface area contributed by atoms with Gasteiger partial charge >= 0.3 is 0 Å². The van der Waals surface area contributed by atoms with E-state index in [1.165, 1.54) is 0 Å². The molecule has 3 nitrogen and oxygen atoms in total. The minimum atomic E-state index is -0.685. The third-order valence-electron chi connectivity index (χ3n) is 10.6. The molecule has 0 aromatic heterocycles. The van der Waals surface area contributed by atoms with Crippen LogP contribution in [-0.2, 0) is 4.79 Å². The van der Waals surface area contributed by atoms with Gasteiger partial charge in [-0.2, -0.15) is 0 Å². The normalized spacial score (nSPS) is 69.8. The molecule has 138 valence electrons. The summed E-state index contributed by atoms with van der Waals surface area (Å²) in [6.45, 7) is 6.93. The lowest BCUT2D eigenvalue weighted by Gasteiger charge is -2.63. The Morgan fingerprint density at radius 3 is 2.60 bits per heavy atom. The van der Waals surface area contributed by atoms with Gasteiger partial charge in [0.05, 0.1) is 11.7 Å². The van der Waals surface area contributed by atoms with E-state index in [0.717, 1.165) is 32.1 Å². The number of hydrogen-bond acceptors (Lipinski definition) is 3. The summed E-state index contributed by atoms with van der Waals surface area (Å²) >= 11 is 0. The maximum Gasteiger partial charge on any atom is 0.142 e. The maximum absolute atomic E-state index is 13.0. The van der Waals surface area contributed by atoms with Gasteiger partial charge in [0.2, 0.25) is 0 Å². The summed E-state index contributed by atoms with van der Waals surface area (Å²) < 4.78 is 0. The van der Waals surface area contributed by atoms with Crippen LogP contribution in [0, 0.1) is 58.2 Å². The molecule has 6 aliphatic rings. The molecule has 3 heteroatoms. The molecule has 0 bridgehead atoms. The van der Waals surface area contributed by atoms with E-state index in [1.807, 2.05) is 0 Å². The van der Waals surface area contributed by atoms with Crippen molar-refractivity contribution in [1.29, 1.82) is 0 Å². The fourth-order valence-electron chi connectivity index (χ4n) is 9.36. The van der Waals surface area contributed by atoms with E-state index < -0.39 is 5.60 Å². The van der Waals surface area contributed by atoms with Crippen molar-refractivity contribution in [1.82, 2.24) is 0 Å². The Hall–Kier alpha value is -0.410. The highest BCUT2D eigenvalue weighted by Crippen LogP contribution is 2.80. The van der Waals surface area contributed by atoms with Gasteiger partial charge in [0.1, 0.15) is 5.78 Å². The van der Waals surface area contributed by atoms with Crippen molar-refractivity contribution in [3.8, 4) is 0 Å². The van der Waals surface area contributed by atoms with Crippen LogP contribution in [0.25, 0.3) is 0 Å². The molecule has 6 aliphatic carbocycles.